The average molecular weight is 533 g/mol. The molecule has 1 aliphatic heterocycles. The standard InChI is InChI=1S/C28H32N6O3S/c1-20-8-7-9-21(2)27(20)25-16-26(31-28(30-25)32-38(35,36)24-17-29-33(3)19-24)37-23-13-15-34(18-23)14-12-22-10-5-4-6-11-22/h4-11,16-17,19,23H,12-15,18H2,1-3H3,(H,30,31,32). The van der Waals surface area contributed by atoms with E-state index in [0.717, 1.165) is 49.2 Å². The van der Waals surface area contributed by atoms with Gasteiger partial charge < -0.3 is 4.74 Å². The van der Waals surface area contributed by atoms with Gasteiger partial charge in [0.05, 0.1) is 11.9 Å². The van der Waals surface area contributed by atoms with Crippen molar-refractivity contribution >= 4 is 16.0 Å². The number of anilines is 1. The number of aromatic nitrogens is 4. The van der Waals surface area contributed by atoms with Crippen molar-refractivity contribution in [3.63, 3.8) is 0 Å². The van der Waals surface area contributed by atoms with E-state index in [0.29, 0.717) is 11.6 Å². The molecule has 1 saturated heterocycles. The summed E-state index contributed by atoms with van der Waals surface area (Å²) < 4.78 is 36.3. The highest BCUT2D eigenvalue weighted by atomic mass is 32.2. The number of sulfonamides is 1. The first-order valence-corrected chi connectivity index (χ1v) is 14.2. The SMILES string of the molecule is Cc1cccc(C)c1-c1cc(OC2CCN(CCc3ccccc3)C2)nc(NS(=O)(=O)c2cnn(C)c2)n1. The van der Waals surface area contributed by atoms with Gasteiger partial charge in [-0.25, -0.2) is 18.1 Å². The molecule has 2 aromatic heterocycles. The Morgan fingerprint density at radius 3 is 2.53 bits per heavy atom. The molecule has 0 aliphatic carbocycles. The lowest BCUT2D eigenvalue weighted by Crippen LogP contribution is -2.27. The summed E-state index contributed by atoms with van der Waals surface area (Å²) in [4.78, 5) is 11.4. The zero-order chi connectivity index (χ0) is 26.7. The van der Waals surface area contributed by atoms with Crippen LogP contribution in [0.25, 0.3) is 11.3 Å². The van der Waals surface area contributed by atoms with Crippen molar-refractivity contribution in [1.82, 2.24) is 24.6 Å². The molecule has 10 heteroatoms. The van der Waals surface area contributed by atoms with Gasteiger partial charge in [-0.2, -0.15) is 10.1 Å². The Hall–Kier alpha value is -3.76. The largest absolute Gasteiger partial charge is 0.473 e. The third-order valence-corrected chi connectivity index (χ3v) is 8.02. The number of hydrogen-bond donors (Lipinski definition) is 1. The van der Waals surface area contributed by atoms with E-state index in [1.54, 1.807) is 13.1 Å². The van der Waals surface area contributed by atoms with E-state index >= 15 is 0 Å². The maximum absolute atomic E-state index is 13.0. The fourth-order valence-corrected chi connectivity index (χ4v) is 5.72. The molecule has 5 rings (SSSR count). The number of benzene rings is 2. The van der Waals surface area contributed by atoms with Crippen molar-refractivity contribution in [2.24, 2.45) is 7.05 Å². The number of aryl methyl sites for hydroxylation is 3. The van der Waals surface area contributed by atoms with Gasteiger partial charge in [-0.1, -0.05) is 48.5 Å². The van der Waals surface area contributed by atoms with Crippen LogP contribution in [0.3, 0.4) is 0 Å². The molecular formula is C28H32N6O3S. The van der Waals surface area contributed by atoms with Crippen molar-refractivity contribution < 1.29 is 13.2 Å². The van der Waals surface area contributed by atoms with Gasteiger partial charge in [-0.05, 0) is 43.4 Å². The van der Waals surface area contributed by atoms with Crippen molar-refractivity contribution in [2.45, 2.75) is 37.7 Å². The molecular weight excluding hydrogens is 500 g/mol. The topological polar surface area (TPSA) is 102 Å². The number of ether oxygens (including phenoxy) is 1. The zero-order valence-corrected chi connectivity index (χ0v) is 22.6. The molecule has 4 aromatic rings. The minimum Gasteiger partial charge on any atom is -0.473 e. The molecule has 0 amide bonds. The van der Waals surface area contributed by atoms with Crippen LogP contribution in [-0.2, 0) is 23.5 Å². The molecule has 1 unspecified atom stereocenters. The first-order valence-electron chi connectivity index (χ1n) is 12.7. The molecule has 0 radical (unpaired) electrons. The number of rotatable bonds is 9. The van der Waals surface area contributed by atoms with Gasteiger partial charge in [-0.15, -0.1) is 0 Å². The summed E-state index contributed by atoms with van der Waals surface area (Å²) in [7, 11) is -2.26. The molecule has 0 bridgehead atoms. The highest BCUT2D eigenvalue weighted by molar-refractivity contribution is 7.92. The second-order valence-corrected chi connectivity index (χ2v) is 11.4. The van der Waals surface area contributed by atoms with Crippen molar-refractivity contribution in [3.8, 4) is 17.1 Å². The van der Waals surface area contributed by atoms with Crippen LogP contribution in [0.15, 0.2) is 71.9 Å². The lowest BCUT2D eigenvalue weighted by atomic mass is 10.00. The smallest absolute Gasteiger partial charge is 0.267 e. The summed E-state index contributed by atoms with van der Waals surface area (Å²) in [6.07, 6.45) is 4.52. The third kappa shape index (κ3) is 6.03. The van der Waals surface area contributed by atoms with Gasteiger partial charge in [0.1, 0.15) is 11.0 Å². The van der Waals surface area contributed by atoms with Crippen LogP contribution >= 0.6 is 0 Å². The molecule has 0 saturated carbocycles. The minimum absolute atomic E-state index is 0.0356. The Morgan fingerprint density at radius 1 is 1.05 bits per heavy atom. The Kier molecular flexibility index (Phi) is 7.44. The van der Waals surface area contributed by atoms with E-state index in [-0.39, 0.29) is 16.9 Å². The Morgan fingerprint density at radius 2 is 1.82 bits per heavy atom. The third-order valence-electron chi connectivity index (χ3n) is 6.73. The highest BCUT2D eigenvalue weighted by Gasteiger charge is 2.26. The highest BCUT2D eigenvalue weighted by Crippen LogP contribution is 2.30. The predicted octanol–water partition coefficient (Wildman–Crippen LogP) is 3.99. The van der Waals surface area contributed by atoms with Gasteiger partial charge in [0.15, 0.2) is 0 Å². The van der Waals surface area contributed by atoms with Crippen molar-refractivity contribution in [1.29, 1.82) is 0 Å². The normalized spacial score (nSPS) is 16.0. The number of likely N-dealkylation sites (tertiary alicyclic amines) is 1. The summed E-state index contributed by atoms with van der Waals surface area (Å²) >= 11 is 0. The summed E-state index contributed by atoms with van der Waals surface area (Å²) in [5, 5.41) is 3.97. The van der Waals surface area contributed by atoms with E-state index in [1.807, 2.05) is 38.1 Å². The molecule has 1 atom stereocenters. The molecule has 38 heavy (non-hydrogen) atoms. The lowest BCUT2D eigenvalue weighted by Gasteiger charge is -2.18. The molecule has 1 N–H and O–H groups in total. The molecule has 198 valence electrons. The van der Waals surface area contributed by atoms with Crippen LogP contribution in [-0.4, -0.2) is 58.8 Å². The number of nitrogens with zero attached hydrogens (tertiary/aromatic N) is 5. The summed E-state index contributed by atoms with van der Waals surface area (Å²) in [6.45, 7) is 6.69. The van der Waals surface area contributed by atoms with Gasteiger partial charge in [-0.3, -0.25) is 9.58 Å². The van der Waals surface area contributed by atoms with E-state index in [2.05, 4.69) is 49.0 Å². The van der Waals surface area contributed by atoms with Crippen LogP contribution in [0, 0.1) is 13.8 Å². The Bertz CT molecular complexity index is 1500. The van der Waals surface area contributed by atoms with Crippen LogP contribution in [0.5, 0.6) is 5.88 Å². The molecule has 0 spiro atoms. The summed E-state index contributed by atoms with van der Waals surface area (Å²) in [6, 6.07) is 18.2. The van der Waals surface area contributed by atoms with E-state index in [4.69, 9.17) is 4.74 Å². The molecule has 3 heterocycles. The molecule has 9 nitrogen and oxygen atoms in total. The summed E-state index contributed by atoms with van der Waals surface area (Å²) in [5.41, 5.74) is 4.91. The molecule has 2 aromatic carbocycles. The zero-order valence-electron chi connectivity index (χ0n) is 21.8. The van der Waals surface area contributed by atoms with E-state index in [9.17, 15) is 8.42 Å². The van der Waals surface area contributed by atoms with Crippen LogP contribution < -0.4 is 9.46 Å². The Labute approximate surface area is 223 Å². The number of nitrogens with one attached hydrogen (secondary N) is 1. The van der Waals surface area contributed by atoms with Crippen LogP contribution in [0.4, 0.5) is 5.95 Å². The maximum atomic E-state index is 13.0. The average Bonchev–Trinajstić information content (AvgIpc) is 3.52. The van der Waals surface area contributed by atoms with Crippen molar-refractivity contribution in [3.05, 3.63) is 83.7 Å². The van der Waals surface area contributed by atoms with Crippen LogP contribution in [0.1, 0.15) is 23.1 Å². The molecule has 1 aliphatic rings. The maximum Gasteiger partial charge on any atom is 0.267 e. The first-order chi connectivity index (χ1) is 18.3. The van der Waals surface area contributed by atoms with Gasteiger partial charge in [0.25, 0.3) is 10.0 Å². The fraction of sp³-hybridized carbons (Fsp3) is 0.321. The second-order valence-electron chi connectivity index (χ2n) is 9.70. The van der Waals surface area contributed by atoms with E-state index in [1.165, 1.54) is 22.6 Å². The second kappa shape index (κ2) is 10.9. The van der Waals surface area contributed by atoms with Gasteiger partial charge >= 0.3 is 0 Å². The quantitative estimate of drug-likeness (QED) is 0.348. The minimum atomic E-state index is -3.92. The van der Waals surface area contributed by atoms with Gasteiger partial charge in [0, 0.05) is 44.5 Å². The predicted molar refractivity (Wildman–Crippen MR) is 147 cm³/mol. The fourth-order valence-electron chi connectivity index (χ4n) is 4.79. The van der Waals surface area contributed by atoms with Crippen LogP contribution in [0.2, 0.25) is 0 Å². The van der Waals surface area contributed by atoms with E-state index < -0.39 is 10.0 Å². The molecule has 1 fully saturated rings. The number of hydrogen-bond acceptors (Lipinski definition) is 7. The summed E-state index contributed by atoms with van der Waals surface area (Å²) in [5.74, 6) is 0.305. The first kappa shape index (κ1) is 25.9. The lowest BCUT2D eigenvalue weighted by molar-refractivity contribution is 0.193. The van der Waals surface area contributed by atoms with Gasteiger partial charge in [0.2, 0.25) is 11.8 Å². The van der Waals surface area contributed by atoms with Crippen molar-refractivity contribution in [2.75, 3.05) is 24.4 Å². The Balaban J connectivity index is 1.38. The monoisotopic (exact) mass is 532 g/mol.